The first-order chi connectivity index (χ1) is 7.11. The van der Waals surface area contributed by atoms with Gasteiger partial charge in [0.25, 0.3) is 0 Å². The van der Waals surface area contributed by atoms with Crippen molar-refractivity contribution in [2.45, 2.75) is 32.6 Å². The Morgan fingerprint density at radius 1 is 1.27 bits per heavy atom. The summed E-state index contributed by atoms with van der Waals surface area (Å²) in [6.45, 7) is 7.77. The smallest absolute Gasteiger partial charge is 0.123 e. The lowest BCUT2D eigenvalue weighted by Crippen LogP contribution is -2.28. The highest BCUT2D eigenvalue weighted by Gasteiger charge is 2.22. The third kappa shape index (κ3) is 2.96. The van der Waals surface area contributed by atoms with Crippen molar-refractivity contribution in [2.75, 3.05) is 13.2 Å². The zero-order chi connectivity index (χ0) is 11.3. The predicted molar refractivity (Wildman–Crippen MR) is 64.3 cm³/mol. The van der Waals surface area contributed by atoms with Gasteiger partial charge in [0.05, 0.1) is 6.61 Å². The van der Waals surface area contributed by atoms with Gasteiger partial charge in [-0.1, -0.05) is 39.0 Å². The first-order valence-corrected chi connectivity index (χ1v) is 5.54. The van der Waals surface area contributed by atoms with E-state index in [1.54, 1.807) is 0 Å². The third-order valence-corrected chi connectivity index (χ3v) is 2.59. The van der Waals surface area contributed by atoms with Crippen LogP contribution in [0.25, 0.3) is 0 Å². The molecule has 0 atom stereocenters. The Morgan fingerprint density at radius 3 is 2.53 bits per heavy atom. The number of hydrogen-bond acceptors (Lipinski definition) is 2. The standard InChI is InChI=1S/C13H21NO/c1-4-9-15-12-8-6-5-7-11(12)13(2,3)10-14/h5-8H,4,9-10,14H2,1-3H3. The summed E-state index contributed by atoms with van der Waals surface area (Å²) in [5.41, 5.74) is 6.95. The minimum Gasteiger partial charge on any atom is -0.493 e. The van der Waals surface area contributed by atoms with Gasteiger partial charge in [0.15, 0.2) is 0 Å². The van der Waals surface area contributed by atoms with Gasteiger partial charge in [-0.05, 0) is 12.5 Å². The maximum Gasteiger partial charge on any atom is 0.123 e. The highest BCUT2D eigenvalue weighted by atomic mass is 16.5. The van der Waals surface area contributed by atoms with Gasteiger partial charge in [-0.3, -0.25) is 0 Å². The van der Waals surface area contributed by atoms with Gasteiger partial charge in [-0.15, -0.1) is 0 Å². The van der Waals surface area contributed by atoms with E-state index in [1.165, 1.54) is 5.56 Å². The van der Waals surface area contributed by atoms with Gasteiger partial charge in [0.1, 0.15) is 5.75 Å². The molecule has 0 amide bonds. The Kier molecular flexibility index (Phi) is 4.15. The Hall–Kier alpha value is -1.02. The minimum absolute atomic E-state index is 0.0235. The van der Waals surface area contributed by atoms with Crippen LogP contribution in [-0.4, -0.2) is 13.2 Å². The third-order valence-electron chi connectivity index (χ3n) is 2.59. The van der Waals surface area contributed by atoms with Crippen LogP contribution in [-0.2, 0) is 5.41 Å². The Balaban J connectivity index is 2.95. The molecular formula is C13H21NO. The molecule has 0 aliphatic rings. The van der Waals surface area contributed by atoms with Crippen molar-refractivity contribution in [2.24, 2.45) is 5.73 Å². The molecule has 2 N–H and O–H groups in total. The van der Waals surface area contributed by atoms with Crippen molar-refractivity contribution in [1.29, 1.82) is 0 Å². The predicted octanol–water partition coefficient (Wildman–Crippen LogP) is 2.71. The van der Waals surface area contributed by atoms with E-state index in [-0.39, 0.29) is 5.41 Å². The monoisotopic (exact) mass is 207 g/mol. The molecule has 0 radical (unpaired) electrons. The van der Waals surface area contributed by atoms with Crippen LogP contribution in [0.1, 0.15) is 32.8 Å². The van der Waals surface area contributed by atoms with E-state index < -0.39 is 0 Å². The Morgan fingerprint density at radius 2 is 1.93 bits per heavy atom. The molecule has 0 aliphatic heterocycles. The molecule has 0 aliphatic carbocycles. The molecular weight excluding hydrogens is 186 g/mol. The van der Waals surface area contributed by atoms with Crippen molar-refractivity contribution in [1.82, 2.24) is 0 Å². The fourth-order valence-electron chi connectivity index (χ4n) is 1.47. The summed E-state index contributed by atoms with van der Waals surface area (Å²) in [6.07, 6.45) is 1.03. The summed E-state index contributed by atoms with van der Waals surface area (Å²) in [7, 11) is 0. The van der Waals surface area contributed by atoms with E-state index in [0.717, 1.165) is 18.8 Å². The van der Waals surface area contributed by atoms with Crippen LogP contribution in [0, 0.1) is 0 Å². The van der Waals surface area contributed by atoms with Crippen LogP contribution in [0.15, 0.2) is 24.3 Å². The highest BCUT2D eigenvalue weighted by molar-refractivity contribution is 5.39. The Bertz CT molecular complexity index is 307. The SMILES string of the molecule is CCCOc1ccccc1C(C)(C)CN. The quantitative estimate of drug-likeness (QED) is 0.805. The lowest BCUT2D eigenvalue weighted by Gasteiger charge is -2.25. The van der Waals surface area contributed by atoms with Crippen molar-refractivity contribution < 1.29 is 4.74 Å². The maximum absolute atomic E-state index is 5.78. The van der Waals surface area contributed by atoms with Gasteiger partial charge in [-0.2, -0.15) is 0 Å². The normalized spacial score (nSPS) is 11.5. The number of ether oxygens (including phenoxy) is 1. The molecule has 0 saturated heterocycles. The second-order valence-corrected chi connectivity index (χ2v) is 4.43. The topological polar surface area (TPSA) is 35.2 Å². The number of nitrogens with two attached hydrogens (primary N) is 1. The average Bonchev–Trinajstić information content (AvgIpc) is 2.26. The molecule has 0 bridgehead atoms. The van der Waals surface area contributed by atoms with Crippen LogP contribution in [0.4, 0.5) is 0 Å². The van der Waals surface area contributed by atoms with Crippen LogP contribution in [0.2, 0.25) is 0 Å². The molecule has 2 nitrogen and oxygen atoms in total. The average molecular weight is 207 g/mol. The maximum atomic E-state index is 5.78. The van der Waals surface area contributed by atoms with Crippen molar-refractivity contribution in [3.8, 4) is 5.75 Å². The largest absolute Gasteiger partial charge is 0.493 e. The van der Waals surface area contributed by atoms with E-state index in [4.69, 9.17) is 10.5 Å². The summed E-state index contributed by atoms with van der Waals surface area (Å²) in [6, 6.07) is 8.15. The van der Waals surface area contributed by atoms with Gasteiger partial charge in [-0.25, -0.2) is 0 Å². The molecule has 1 rings (SSSR count). The molecule has 0 spiro atoms. The fourth-order valence-corrected chi connectivity index (χ4v) is 1.47. The van der Waals surface area contributed by atoms with E-state index in [1.807, 2.05) is 18.2 Å². The minimum atomic E-state index is -0.0235. The van der Waals surface area contributed by atoms with Crippen LogP contribution >= 0.6 is 0 Å². The van der Waals surface area contributed by atoms with Crippen molar-refractivity contribution in [3.63, 3.8) is 0 Å². The zero-order valence-electron chi connectivity index (χ0n) is 9.92. The van der Waals surface area contributed by atoms with Gasteiger partial charge >= 0.3 is 0 Å². The number of rotatable bonds is 5. The van der Waals surface area contributed by atoms with E-state index in [0.29, 0.717) is 6.54 Å². The fraction of sp³-hybridized carbons (Fsp3) is 0.538. The zero-order valence-corrected chi connectivity index (χ0v) is 9.92. The summed E-state index contributed by atoms with van der Waals surface area (Å²) < 4.78 is 5.72. The number of hydrogen-bond donors (Lipinski definition) is 1. The van der Waals surface area contributed by atoms with Crippen LogP contribution in [0.3, 0.4) is 0 Å². The molecule has 0 unspecified atom stereocenters. The van der Waals surface area contributed by atoms with Gasteiger partial charge in [0, 0.05) is 17.5 Å². The van der Waals surface area contributed by atoms with E-state index in [2.05, 4.69) is 26.8 Å². The molecule has 0 saturated carbocycles. The van der Waals surface area contributed by atoms with Crippen LogP contribution in [0.5, 0.6) is 5.75 Å². The molecule has 0 heterocycles. The second-order valence-electron chi connectivity index (χ2n) is 4.43. The van der Waals surface area contributed by atoms with Crippen molar-refractivity contribution in [3.05, 3.63) is 29.8 Å². The van der Waals surface area contributed by atoms with E-state index >= 15 is 0 Å². The highest BCUT2D eigenvalue weighted by Crippen LogP contribution is 2.30. The summed E-state index contributed by atoms with van der Waals surface area (Å²) in [5.74, 6) is 0.967. The molecule has 0 aromatic heterocycles. The lowest BCUT2D eigenvalue weighted by atomic mass is 9.84. The van der Waals surface area contributed by atoms with Crippen LogP contribution < -0.4 is 10.5 Å². The van der Waals surface area contributed by atoms with Gasteiger partial charge in [0.2, 0.25) is 0 Å². The number of benzene rings is 1. The summed E-state index contributed by atoms with van der Waals surface area (Å²) >= 11 is 0. The lowest BCUT2D eigenvalue weighted by molar-refractivity contribution is 0.307. The Labute approximate surface area is 92.4 Å². The van der Waals surface area contributed by atoms with E-state index in [9.17, 15) is 0 Å². The molecule has 15 heavy (non-hydrogen) atoms. The molecule has 84 valence electrons. The summed E-state index contributed by atoms with van der Waals surface area (Å²) in [5, 5.41) is 0. The first-order valence-electron chi connectivity index (χ1n) is 5.54. The molecule has 2 heteroatoms. The van der Waals surface area contributed by atoms with Crippen molar-refractivity contribution >= 4 is 0 Å². The molecule has 0 fully saturated rings. The number of para-hydroxylation sites is 1. The van der Waals surface area contributed by atoms with Gasteiger partial charge < -0.3 is 10.5 Å². The molecule has 1 aromatic carbocycles. The first kappa shape index (κ1) is 12.1. The summed E-state index contributed by atoms with van der Waals surface area (Å²) in [4.78, 5) is 0. The second kappa shape index (κ2) is 5.17. The molecule has 1 aromatic rings.